The van der Waals surface area contributed by atoms with Gasteiger partial charge in [-0.1, -0.05) is 0 Å². The number of nitrogens with one attached hydrogen (secondary N) is 1. The normalized spacial score (nSPS) is 13.9. The Kier molecular flexibility index (Phi) is 4.49. The molecule has 0 saturated heterocycles. The van der Waals surface area contributed by atoms with Crippen LogP contribution in [0.15, 0.2) is 24.5 Å². The minimum absolute atomic E-state index is 0.0116. The van der Waals surface area contributed by atoms with E-state index in [-0.39, 0.29) is 17.7 Å². The SMILES string of the molecule is CC(=O)N(CCNC(=O)C1CC1)Cc1ccncc1. The van der Waals surface area contributed by atoms with Crippen LogP contribution < -0.4 is 5.32 Å². The van der Waals surface area contributed by atoms with Crippen molar-refractivity contribution in [2.75, 3.05) is 13.1 Å². The summed E-state index contributed by atoms with van der Waals surface area (Å²) >= 11 is 0. The van der Waals surface area contributed by atoms with Crippen LogP contribution in [0.1, 0.15) is 25.3 Å². The molecule has 1 aromatic heterocycles. The summed E-state index contributed by atoms with van der Waals surface area (Å²) < 4.78 is 0. The standard InChI is InChI=1S/C14H19N3O2/c1-11(18)17(10-12-4-6-15-7-5-12)9-8-16-14(19)13-2-3-13/h4-7,13H,2-3,8-10H2,1H3,(H,16,19). The van der Waals surface area contributed by atoms with Crippen molar-refractivity contribution in [3.05, 3.63) is 30.1 Å². The van der Waals surface area contributed by atoms with E-state index in [2.05, 4.69) is 10.3 Å². The van der Waals surface area contributed by atoms with Gasteiger partial charge in [0.15, 0.2) is 0 Å². The average Bonchev–Trinajstić information content (AvgIpc) is 3.22. The molecule has 1 saturated carbocycles. The third-order valence-corrected chi connectivity index (χ3v) is 3.20. The van der Waals surface area contributed by atoms with Gasteiger partial charge in [0.1, 0.15) is 0 Å². The van der Waals surface area contributed by atoms with Crippen LogP contribution in [0.3, 0.4) is 0 Å². The third-order valence-electron chi connectivity index (χ3n) is 3.20. The lowest BCUT2D eigenvalue weighted by Gasteiger charge is -2.21. The topological polar surface area (TPSA) is 62.3 Å². The molecule has 19 heavy (non-hydrogen) atoms. The molecular formula is C14H19N3O2. The van der Waals surface area contributed by atoms with Gasteiger partial charge in [0, 0.05) is 44.9 Å². The van der Waals surface area contributed by atoms with Gasteiger partial charge < -0.3 is 10.2 Å². The fourth-order valence-electron chi connectivity index (χ4n) is 1.86. The van der Waals surface area contributed by atoms with E-state index in [0.29, 0.717) is 19.6 Å². The highest BCUT2D eigenvalue weighted by Crippen LogP contribution is 2.28. The van der Waals surface area contributed by atoms with Gasteiger partial charge in [-0.15, -0.1) is 0 Å². The minimum atomic E-state index is 0.0116. The van der Waals surface area contributed by atoms with Gasteiger partial charge in [0.05, 0.1) is 0 Å². The number of aromatic nitrogens is 1. The second-order valence-electron chi connectivity index (χ2n) is 4.86. The summed E-state index contributed by atoms with van der Waals surface area (Å²) in [6, 6.07) is 3.78. The first-order valence-electron chi connectivity index (χ1n) is 6.59. The smallest absolute Gasteiger partial charge is 0.223 e. The largest absolute Gasteiger partial charge is 0.354 e. The fraction of sp³-hybridized carbons (Fsp3) is 0.500. The van der Waals surface area contributed by atoms with E-state index in [1.54, 1.807) is 24.2 Å². The first-order chi connectivity index (χ1) is 9.16. The Labute approximate surface area is 113 Å². The molecule has 1 fully saturated rings. The van der Waals surface area contributed by atoms with Crippen molar-refractivity contribution in [2.24, 2.45) is 5.92 Å². The van der Waals surface area contributed by atoms with E-state index in [4.69, 9.17) is 0 Å². The Morgan fingerprint density at radius 1 is 1.37 bits per heavy atom. The van der Waals surface area contributed by atoms with Crippen LogP contribution in [0.2, 0.25) is 0 Å². The van der Waals surface area contributed by atoms with Gasteiger partial charge in [0.2, 0.25) is 11.8 Å². The van der Waals surface area contributed by atoms with E-state index in [9.17, 15) is 9.59 Å². The van der Waals surface area contributed by atoms with E-state index in [1.165, 1.54) is 0 Å². The van der Waals surface area contributed by atoms with Crippen LogP contribution >= 0.6 is 0 Å². The number of pyridine rings is 1. The zero-order valence-corrected chi connectivity index (χ0v) is 11.1. The molecule has 1 N–H and O–H groups in total. The second-order valence-corrected chi connectivity index (χ2v) is 4.86. The van der Waals surface area contributed by atoms with E-state index < -0.39 is 0 Å². The van der Waals surface area contributed by atoms with Gasteiger partial charge in [-0.3, -0.25) is 14.6 Å². The van der Waals surface area contributed by atoms with Crippen LogP contribution in [-0.2, 0) is 16.1 Å². The number of rotatable bonds is 6. The Bertz CT molecular complexity index is 443. The van der Waals surface area contributed by atoms with Gasteiger partial charge in [-0.05, 0) is 30.5 Å². The molecule has 102 valence electrons. The average molecular weight is 261 g/mol. The maximum Gasteiger partial charge on any atom is 0.223 e. The Balaban J connectivity index is 1.79. The molecule has 0 bridgehead atoms. The Hall–Kier alpha value is -1.91. The molecule has 2 amide bonds. The maximum atomic E-state index is 11.6. The van der Waals surface area contributed by atoms with Crippen LogP contribution in [0.4, 0.5) is 0 Å². The highest BCUT2D eigenvalue weighted by atomic mass is 16.2. The first-order valence-corrected chi connectivity index (χ1v) is 6.59. The fourth-order valence-corrected chi connectivity index (χ4v) is 1.86. The number of carbonyl (C=O) groups excluding carboxylic acids is 2. The summed E-state index contributed by atoms with van der Waals surface area (Å²) in [5.74, 6) is 0.343. The summed E-state index contributed by atoms with van der Waals surface area (Å²) in [6.45, 7) is 3.15. The molecular weight excluding hydrogens is 242 g/mol. The van der Waals surface area contributed by atoms with Crippen LogP contribution in [0.5, 0.6) is 0 Å². The third kappa shape index (κ3) is 4.35. The molecule has 1 aliphatic carbocycles. The molecule has 0 unspecified atom stereocenters. The molecule has 0 spiro atoms. The zero-order chi connectivity index (χ0) is 13.7. The molecule has 0 aromatic carbocycles. The highest BCUT2D eigenvalue weighted by molar-refractivity contribution is 5.80. The molecule has 2 rings (SSSR count). The molecule has 1 aliphatic rings. The molecule has 0 radical (unpaired) electrons. The van der Waals surface area contributed by atoms with Gasteiger partial charge in [-0.25, -0.2) is 0 Å². The number of amides is 2. The van der Waals surface area contributed by atoms with E-state index >= 15 is 0 Å². The van der Waals surface area contributed by atoms with Gasteiger partial charge in [-0.2, -0.15) is 0 Å². The first kappa shape index (κ1) is 13.5. The predicted octanol–water partition coefficient (Wildman–Crippen LogP) is 0.956. The lowest BCUT2D eigenvalue weighted by atomic mass is 10.2. The minimum Gasteiger partial charge on any atom is -0.354 e. The van der Waals surface area contributed by atoms with Crippen molar-refractivity contribution in [3.63, 3.8) is 0 Å². The van der Waals surface area contributed by atoms with Crippen molar-refractivity contribution in [3.8, 4) is 0 Å². The quantitative estimate of drug-likeness (QED) is 0.829. The summed E-state index contributed by atoms with van der Waals surface area (Å²) in [5.41, 5.74) is 1.04. The van der Waals surface area contributed by atoms with Crippen molar-refractivity contribution in [1.29, 1.82) is 0 Å². The van der Waals surface area contributed by atoms with Crippen LogP contribution in [0.25, 0.3) is 0 Å². The zero-order valence-electron chi connectivity index (χ0n) is 11.1. The molecule has 1 heterocycles. The van der Waals surface area contributed by atoms with Crippen LogP contribution in [0, 0.1) is 5.92 Å². The summed E-state index contributed by atoms with van der Waals surface area (Å²) in [5, 5.41) is 2.87. The lowest BCUT2D eigenvalue weighted by Crippen LogP contribution is -2.37. The maximum absolute atomic E-state index is 11.6. The molecule has 0 atom stereocenters. The van der Waals surface area contributed by atoms with E-state index in [1.807, 2.05) is 12.1 Å². The van der Waals surface area contributed by atoms with Gasteiger partial charge >= 0.3 is 0 Å². The predicted molar refractivity (Wildman–Crippen MR) is 71.1 cm³/mol. The monoisotopic (exact) mass is 261 g/mol. The number of carbonyl (C=O) groups is 2. The van der Waals surface area contributed by atoms with Crippen molar-refractivity contribution in [1.82, 2.24) is 15.2 Å². The van der Waals surface area contributed by atoms with E-state index in [0.717, 1.165) is 18.4 Å². The van der Waals surface area contributed by atoms with Crippen molar-refractivity contribution >= 4 is 11.8 Å². The molecule has 0 aliphatic heterocycles. The van der Waals surface area contributed by atoms with Gasteiger partial charge in [0.25, 0.3) is 0 Å². The number of hydrogen-bond acceptors (Lipinski definition) is 3. The van der Waals surface area contributed by atoms with Crippen LogP contribution in [-0.4, -0.2) is 34.8 Å². The summed E-state index contributed by atoms with van der Waals surface area (Å²) in [4.78, 5) is 28.7. The lowest BCUT2D eigenvalue weighted by molar-refractivity contribution is -0.130. The molecule has 5 heteroatoms. The van der Waals surface area contributed by atoms with Crippen molar-refractivity contribution < 1.29 is 9.59 Å². The summed E-state index contributed by atoms with van der Waals surface area (Å²) in [6.07, 6.45) is 5.42. The summed E-state index contributed by atoms with van der Waals surface area (Å²) in [7, 11) is 0. The highest BCUT2D eigenvalue weighted by Gasteiger charge is 2.29. The Morgan fingerprint density at radius 2 is 2.05 bits per heavy atom. The number of nitrogens with zero attached hydrogens (tertiary/aromatic N) is 2. The number of hydrogen-bond donors (Lipinski definition) is 1. The van der Waals surface area contributed by atoms with Crippen molar-refractivity contribution in [2.45, 2.75) is 26.3 Å². The molecule has 1 aromatic rings. The Morgan fingerprint density at radius 3 is 2.63 bits per heavy atom. The molecule has 5 nitrogen and oxygen atoms in total. The second kappa shape index (κ2) is 6.31.